The van der Waals surface area contributed by atoms with Crippen LogP contribution in [0.2, 0.25) is 0 Å². The molecule has 3 rings (SSSR count). The smallest absolute Gasteiger partial charge is 0.259 e. The van der Waals surface area contributed by atoms with Crippen LogP contribution in [-0.2, 0) is 6.42 Å². The van der Waals surface area contributed by atoms with Gasteiger partial charge in [0.2, 0.25) is 0 Å². The van der Waals surface area contributed by atoms with Crippen molar-refractivity contribution < 1.29 is 14.3 Å². The predicted octanol–water partition coefficient (Wildman–Crippen LogP) is 5.13. The average Bonchev–Trinajstić information content (AvgIpc) is 2.74. The summed E-state index contributed by atoms with van der Waals surface area (Å²) in [6, 6.07) is 24.6. The summed E-state index contributed by atoms with van der Waals surface area (Å²) < 4.78 is 11.3. The minimum Gasteiger partial charge on any atom is -0.492 e. The molecule has 3 aromatic rings. The van der Waals surface area contributed by atoms with Crippen LogP contribution in [0.25, 0.3) is 0 Å². The fourth-order valence-electron chi connectivity index (χ4n) is 2.69. The zero-order valence-corrected chi connectivity index (χ0v) is 15.6. The highest BCUT2D eigenvalue weighted by Gasteiger charge is 2.12. The molecule has 4 nitrogen and oxygen atoms in total. The standard InChI is InChI=1S/C24H23NO3/c1-2-17-27-21-14-12-20(13-15-21)25-24(26)22-10-6-7-11-23(22)28-18-16-19-8-4-3-5-9-19/h2-15H,1,16-18H2,(H,25,26). The fraction of sp³-hybridized carbons (Fsp3) is 0.125. The molecule has 0 fully saturated rings. The van der Waals surface area contributed by atoms with Crippen LogP contribution in [0.3, 0.4) is 0 Å². The van der Waals surface area contributed by atoms with Crippen molar-refractivity contribution in [1.29, 1.82) is 0 Å². The molecule has 0 heterocycles. The maximum atomic E-state index is 12.7. The fourth-order valence-corrected chi connectivity index (χ4v) is 2.69. The van der Waals surface area contributed by atoms with E-state index in [1.54, 1.807) is 36.4 Å². The molecule has 1 amide bonds. The highest BCUT2D eigenvalue weighted by Crippen LogP contribution is 2.21. The Balaban J connectivity index is 1.61. The molecule has 3 aromatic carbocycles. The Hall–Kier alpha value is -3.53. The van der Waals surface area contributed by atoms with E-state index in [4.69, 9.17) is 9.47 Å². The molecular weight excluding hydrogens is 350 g/mol. The van der Waals surface area contributed by atoms with Crippen LogP contribution < -0.4 is 14.8 Å². The lowest BCUT2D eigenvalue weighted by Gasteiger charge is -2.12. The van der Waals surface area contributed by atoms with Gasteiger partial charge in [0.25, 0.3) is 5.91 Å². The van der Waals surface area contributed by atoms with Crippen molar-refractivity contribution in [2.45, 2.75) is 6.42 Å². The van der Waals surface area contributed by atoms with Crippen molar-refractivity contribution in [2.75, 3.05) is 18.5 Å². The summed E-state index contributed by atoms with van der Waals surface area (Å²) in [5.74, 6) is 1.08. The second kappa shape index (κ2) is 9.97. The molecule has 0 saturated carbocycles. The largest absolute Gasteiger partial charge is 0.492 e. The van der Waals surface area contributed by atoms with Crippen LogP contribution >= 0.6 is 0 Å². The Labute approximate surface area is 165 Å². The maximum Gasteiger partial charge on any atom is 0.259 e. The summed E-state index contributed by atoms with van der Waals surface area (Å²) in [6.45, 7) is 4.57. The topological polar surface area (TPSA) is 47.6 Å². The third-order valence-corrected chi connectivity index (χ3v) is 4.10. The molecule has 0 unspecified atom stereocenters. The van der Waals surface area contributed by atoms with Crippen molar-refractivity contribution in [2.24, 2.45) is 0 Å². The van der Waals surface area contributed by atoms with Gasteiger partial charge < -0.3 is 14.8 Å². The van der Waals surface area contributed by atoms with E-state index in [9.17, 15) is 4.79 Å². The first-order valence-electron chi connectivity index (χ1n) is 9.17. The third-order valence-electron chi connectivity index (χ3n) is 4.10. The van der Waals surface area contributed by atoms with E-state index in [1.807, 2.05) is 36.4 Å². The molecule has 1 N–H and O–H groups in total. The number of anilines is 1. The number of benzene rings is 3. The highest BCUT2D eigenvalue weighted by molar-refractivity contribution is 6.06. The van der Waals surface area contributed by atoms with Gasteiger partial charge in [0.15, 0.2) is 0 Å². The Morgan fingerprint density at radius 3 is 2.36 bits per heavy atom. The van der Waals surface area contributed by atoms with Gasteiger partial charge in [-0.25, -0.2) is 0 Å². The van der Waals surface area contributed by atoms with Crippen molar-refractivity contribution >= 4 is 11.6 Å². The first-order chi connectivity index (χ1) is 13.8. The molecule has 0 aliphatic carbocycles. The van der Waals surface area contributed by atoms with Gasteiger partial charge in [-0.3, -0.25) is 4.79 Å². The molecular formula is C24H23NO3. The van der Waals surface area contributed by atoms with E-state index in [1.165, 1.54) is 5.56 Å². The normalized spacial score (nSPS) is 10.1. The minimum absolute atomic E-state index is 0.213. The zero-order chi connectivity index (χ0) is 19.6. The summed E-state index contributed by atoms with van der Waals surface area (Å²) in [5, 5.41) is 2.90. The van der Waals surface area contributed by atoms with Crippen molar-refractivity contribution in [3.05, 3.63) is 103 Å². The Morgan fingerprint density at radius 2 is 1.61 bits per heavy atom. The van der Waals surface area contributed by atoms with E-state index in [0.717, 1.165) is 12.2 Å². The summed E-state index contributed by atoms with van der Waals surface area (Å²) >= 11 is 0. The Morgan fingerprint density at radius 1 is 0.893 bits per heavy atom. The third kappa shape index (κ3) is 5.48. The number of rotatable bonds is 9. The number of para-hydroxylation sites is 1. The molecule has 142 valence electrons. The van der Waals surface area contributed by atoms with Crippen molar-refractivity contribution in [1.82, 2.24) is 0 Å². The lowest BCUT2D eigenvalue weighted by atomic mass is 10.1. The first kappa shape index (κ1) is 19.2. The van der Waals surface area contributed by atoms with Crippen LogP contribution in [0.15, 0.2) is 91.5 Å². The molecule has 4 heteroatoms. The second-order valence-corrected chi connectivity index (χ2v) is 6.16. The molecule has 0 bridgehead atoms. The molecule has 0 saturated heterocycles. The van der Waals surface area contributed by atoms with Gasteiger partial charge in [-0.2, -0.15) is 0 Å². The lowest BCUT2D eigenvalue weighted by molar-refractivity contribution is 0.102. The van der Waals surface area contributed by atoms with E-state index in [-0.39, 0.29) is 5.91 Å². The van der Waals surface area contributed by atoms with Gasteiger partial charge in [0, 0.05) is 12.1 Å². The number of hydrogen-bond acceptors (Lipinski definition) is 3. The molecule has 0 aliphatic rings. The van der Waals surface area contributed by atoms with Gasteiger partial charge in [-0.15, -0.1) is 0 Å². The summed E-state index contributed by atoms with van der Waals surface area (Å²) in [6.07, 6.45) is 2.47. The minimum atomic E-state index is -0.213. The molecule has 0 aromatic heterocycles. The maximum absolute atomic E-state index is 12.7. The predicted molar refractivity (Wildman–Crippen MR) is 112 cm³/mol. The average molecular weight is 373 g/mol. The van der Waals surface area contributed by atoms with E-state index < -0.39 is 0 Å². The van der Waals surface area contributed by atoms with Crippen LogP contribution in [0, 0.1) is 0 Å². The van der Waals surface area contributed by atoms with E-state index in [2.05, 4.69) is 24.0 Å². The second-order valence-electron chi connectivity index (χ2n) is 6.16. The number of amides is 1. The number of carbonyl (C=O) groups is 1. The van der Waals surface area contributed by atoms with E-state index >= 15 is 0 Å². The van der Waals surface area contributed by atoms with Gasteiger partial charge in [0.1, 0.15) is 18.1 Å². The van der Waals surface area contributed by atoms with Gasteiger partial charge in [-0.05, 0) is 42.0 Å². The van der Waals surface area contributed by atoms with Gasteiger partial charge in [-0.1, -0.05) is 55.1 Å². The Kier molecular flexibility index (Phi) is 6.85. The molecule has 28 heavy (non-hydrogen) atoms. The molecule has 0 atom stereocenters. The lowest BCUT2D eigenvalue weighted by Crippen LogP contribution is -2.14. The molecule has 0 aliphatic heterocycles. The van der Waals surface area contributed by atoms with Crippen molar-refractivity contribution in [3.63, 3.8) is 0 Å². The van der Waals surface area contributed by atoms with Crippen molar-refractivity contribution in [3.8, 4) is 11.5 Å². The summed E-state index contributed by atoms with van der Waals surface area (Å²) in [7, 11) is 0. The quantitative estimate of drug-likeness (QED) is 0.529. The van der Waals surface area contributed by atoms with Gasteiger partial charge >= 0.3 is 0 Å². The summed E-state index contributed by atoms with van der Waals surface area (Å²) in [4.78, 5) is 12.7. The zero-order valence-electron chi connectivity index (χ0n) is 15.6. The van der Waals surface area contributed by atoms with Gasteiger partial charge in [0.05, 0.1) is 12.2 Å². The molecule has 0 spiro atoms. The Bertz CT molecular complexity index is 905. The van der Waals surface area contributed by atoms with Crippen LogP contribution in [0.5, 0.6) is 11.5 Å². The number of ether oxygens (including phenoxy) is 2. The molecule has 0 radical (unpaired) electrons. The van der Waals surface area contributed by atoms with Crippen LogP contribution in [-0.4, -0.2) is 19.1 Å². The van der Waals surface area contributed by atoms with Crippen LogP contribution in [0.4, 0.5) is 5.69 Å². The monoisotopic (exact) mass is 373 g/mol. The number of hydrogen-bond donors (Lipinski definition) is 1. The number of carbonyl (C=O) groups excluding carboxylic acids is 1. The summed E-state index contributed by atoms with van der Waals surface area (Å²) in [5.41, 5.74) is 2.39. The number of nitrogens with one attached hydrogen (secondary N) is 1. The van der Waals surface area contributed by atoms with E-state index in [0.29, 0.717) is 30.2 Å². The SMILES string of the molecule is C=CCOc1ccc(NC(=O)c2ccccc2OCCc2ccccc2)cc1. The van der Waals surface area contributed by atoms with Crippen LogP contribution in [0.1, 0.15) is 15.9 Å². The first-order valence-corrected chi connectivity index (χ1v) is 9.17. The highest BCUT2D eigenvalue weighted by atomic mass is 16.5.